The Morgan fingerprint density at radius 1 is 1.47 bits per heavy atom. The topological polar surface area (TPSA) is 50.9 Å². The van der Waals surface area contributed by atoms with E-state index in [9.17, 15) is 13.2 Å². The summed E-state index contributed by atoms with van der Waals surface area (Å²) in [6, 6.07) is -1.70. The van der Waals surface area contributed by atoms with E-state index in [1.54, 1.807) is 0 Å². The fourth-order valence-electron chi connectivity index (χ4n) is 1.98. The van der Waals surface area contributed by atoms with E-state index in [2.05, 4.69) is 10.3 Å². The smallest absolute Gasteiger partial charge is 0.390 e. The Morgan fingerprint density at radius 3 is 2.53 bits per heavy atom. The third kappa shape index (κ3) is 2.15. The molecule has 4 nitrogen and oxygen atoms in total. The van der Waals surface area contributed by atoms with Gasteiger partial charge in [-0.15, -0.1) is 5.10 Å². The molecule has 1 aliphatic rings. The zero-order chi connectivity index (χ0) is 12.6. The van der Waals surface area contributed by atoms with Crippen LogP contribution in [0.3, 0.4) is 0 Å². The van der Waals surface area contributed by atoms with Crippen molar-refractivity contribution < 1.29 is 18.3 Å². The van der Waals surface area contributed by atoms with Crippen LogP contribution in [-0.4, -0.2) is 26.3 Å². The van der Waals surface area contributed by atoms with Gasteiger partial charge in [0.15, 0.2) is 0 Å². The average Bonchev–Trinajstić information content (AvgIpc) is 2.56. The normalized spacial score (nSPS) is 19.1. The molecule has 1 heterocycles. The SMILES string of the molecule is CC(n1nnc(CO)c1C1CCC1)C(F)(F)F. The maximum absolute atomic E-state index is 12.7. The molecule has 1 N–H and O–H groups in total. The molecule has 0 amide bonds. The molecular weight excluding hydrogens is 235 g/mol. The highest BCUT2D eigenvalue weighted by atomic mass is 19.4. The number of hydrogen-bond donors (Lipinski definition) is 1. The fraction of sp³-hybridized carbons (Fsp3) is 0.800. The molecule has 1 saturated carbocycles. The van der Waals surface area contributed by atoms with Gasteiger partial charge < -0.3 is 5.11 Å². The molecule has 0 saturated heterocycles. The van der Waals surface area contributed by atoms with Crippen molar-refractivity contribution in [3.8, 4) is 0 Å². The summed E-state index contributed by atoms with van der Waals surface area (Å²) in [5.74, 6) is 0.0527. The van der Waals surface area contributed by atoms with Crippen molar-refractivity contribution in [2.45, 2.75) is 50.9 Å². The molecule has 2 rings (SSSR count). The zero-order valence-corrected chi connectivity index (χ0v) is 9.41. The second-order valence-electron chi connectivity index (χ2n) is 4.37. The van der Waals surface area contributed by atoms with E-state index < -0.39 is 12.2 Å². The molecule has 0 radical (unpaired) electrons. The average molecular weight is 249 g/mol. The lowest BCUT2D eigenvalue weighted by molar-refractivity contribution is -0.166. The van der Waals surface area contributed by atoms with E-state index >= 15 is 0 Å². The minimum Gasteiger partial charge on any atom is -0.390 e. The molecule has 1 fully saturated rings. The first-order valence-corrected chi connectivity index (χ1v) is 5.56. The van der Waals surface area contributed by atoms with Crippen LogP contribution in [-0.2, 0) is 6.61 Å². The van der Waals surface area contributed by atoms with Gasteiger partial charge in [-0.25, -0.2) is 4.68 Å². The Hall–Kier alpha value is -1.11. The van der Waals surface area contributed by atoms with Crippen molar-refractivity contribution in [3.63, 3.8) is 0 Å². The summed E-state index contributed by atoms with van der Waals surface area (Å²) in [5, 5.41) is 16.3. The van der Waals surface area contributed by atoms with Crippen molar-refractivity contribution in [1.82, 2.24) is 15.0 Å². The summed E-state index contributed by atoms with van der Waals surface area (Å²) in [5.41, 5.74) is 0.717. The first kappa shape index (κ1) is 12.3. The highest BCUT2D eigenvalue weighted by molar-refractivity contribution is 5.18. The lowest BCUT2D eigenvalue weighted by Gasteiger charge is -2.28. The predicted molar refractivity (Wildman–Crippen MR) is 53.3 cm³/mol. The van der Waals surface area contributed by atoms with Crippen LogP contribution in [0.4, 0.5) is 13.2 Å². The summed E-state index contributed by atoms with van der Waals surface area (Å²) >= 11 is 0. The quantitative estimate of drug-likeness (QED) is 0.893. The molecule has 17 heavy (non-hydrogen) atoms. The van der Waals surface area contributed by atoms with Crippen LogP contribution in [0.1, 0.15) is 49.5 Å². The number of aromatic nitrogens is 3. The van der Waals surface area contributed by atoms with Crippen molar-refractivity contribution in [1.29, 1.82) is 0 Å². The summed E-state index contributed by atoms with van der Waals surface area (Å²) in [7, 11) is 0. The second kappa shape index (κ2) is 4.29. The monoisotopic (exact) mass is 249 g/mol. The molecule has 1 aliphatic carbocycles. The Kier molecular flexibility index (Phi) is 3.11. The van der Waals surface area contributed by atoms with Gasteiger partial charge in [-0.1, -0.05) is 11.6 Å². The van der Waals surface area contributed by atoms with Gasteiger partial charge in [0.25, 0.3) is 0 Å². The number of hydrogen-bond acceptors (Lipinski definition) is 3. The Balaban J connectivity index is 2.36. The lowest BCUT2D eigenvalue weighted by atomic mass is 9.82. The summed E-state index contributed by atoms with van der Waals surface area (Å²) in [6.07, 6.45) is -1.67. The largest absolute Gasteiger partial charge is 0.410 e. The van der Waals surface area contributed by atoms with Gasteiger partial charge in [-0.3, -0.25) is 0 Å². The molecule has 1 atom stereocenters. The number of aliphatic hydroxyl groups excluding tert-OH is 1. The number of alkyl halides is 3. The first-order valence-electron chi connectivity index (χ1n) is 5.56. The Labute approximate surface area is 96.4 Å². The van der Waals surface area contributed by atoms with Crippen LogP contribution in [0.25, 0.3) is 0 Å². The molecule has 7 heteroatoms. The number of halogens is 3. The van der Waals surface area contributed by atoms with Crippen LogP contribution in [0.2, 0.25) is 0 Å². The van der Waals surface area contributed by atoms with Crippen LogP contribution in [0, 0.1) is 0 Å². The number of aliphatic hydroxyl groups is 1. The minimum absolute atomic E-state index is 0.0527. The van der Waals surface area contributed by atoms with E-state index in [0.717, 1.165) is 30.9 Å². The van der Waals surface area contributed by atoms with E-state index in [-0.39, 0.29) is 18.2 Å². The van der Waals surface area contributed by atoms with E-state index in [1.807, 2.05) is 0 Å². The van der Waals surface area contributed by atoms with E-state index in [0.29, 0.717) is 5.69 Å². The molecule has 1 unspecified atom stereocenters. The fourth-order valence-corrected chi connectivity index (χ4v) is 1.98. The molecule has 0 bridgehead atoms. The molecular formula is C10H14F3N3O. The Morgan fingerprint density at radius 2 is 2.12 bits per heavy atom. The van der Waals surface area contributed by atoms with Crippen molar-refractivity contribution in [2.75, 3.05) is 0 Å². The summed E-state index contributed by atoms with van der Waals surface area (Å²) in [4.78, 5) is 0. The van der Waals surface area contributed by atoms with Gasteiger partial charge >= 0.3 is 6.18 Å². The van der Waals surface area contributed by atoms with Crippen molar-refractivity contribution >= 4 is 0 Å². The van der Waals surface area contributed by atoms with Gasteiger partial charge in [-0.05, 0) is 19.8 Å². The van der Waals surface area contributed by atoms with Gasteiger partial charge in [0.1, 0.15) is 11.7 Å². The van der Waals surface area contributed by atoms with Crippen LogP contribution in [0.5, 0.6) is 0 Å². The lowest BCUT2D eigenvalue weighted by Crippen LogP contribution is -2.28. The molecule has 0 aromatic carbocycles. The van der Waals surface area contributed by atoms with Crippen molar-refractivity contribution in [3.05, 3.63) is 11.4 Å². The van der Waals surface area contributed by atoms with Gasteiger partial charge in [0.05, 0.1) is 12.3 Å². The van der Waals surface area contributed by atoms with E-state index in [4.69, 9.17) is 5.11 Å². The Bertz CT molecular complexity index is 398. The van der Waals surface area contributed by atoms with Crippen LogP contribution >= 0.6 is 0 Å². The molecule has 0 aliphatic heterocycles. The van der Waals surface area contributed by atoms with Gasteiger partial charge in [0, 0.05) is 5.92 Å². The third-order valence-corrected chi connectivity index (χ3v) is 3.29. The summed E-state index contributed by atoms with van der Waals surface area (Å²) in [6.45, 7) is 0.689. The maximum Gasteiger partial charge on any atom is 0.410 e. The highest BCUT2D eigenvalue weighted by Gasteiger charge is 2.41. The second-order valence-corrected chi connectivity index (χ2v) is 4.37. The third-order valence-electron chi connectivity index (χ3n) is 3.29. The summed E-state index contributed by atoms with van der Waals surface area (Å²) < 4.78 is 38.9. The van der Waals surface area contributed by atoms with E-state index in [1.165, 1.54) is 0 Å². The standard InChI is InChI=1S/C10H14F3N3O/c1-6(10(11,12)13)16-9(7-3-2-4-7)8(5-17)14-15-16/h6-7,17H,2-5H2,1H3. The van der Waals surface area contributed by atoms with Crippen molar-refractivity contribution in [2.24, 2.45) is 0 Å². The van der Waals surface area contributed by atoms with Gasteiger partial charge in [0.2, 0.25) is 0 Å². The maximum atomic E-state index is 12.7. The van der Waals surface area contributed by atoms with Crippen LogP contribution < -0.4 is 0 Å². The number of rotatable bonds is 3. The highest BCUT2D eigenvalue weighted by Crippen LogP contribution is 2.40. The number of nitrogens with zero attached hydrogens (tertiary/aromatic N) is 3. The van der Waals surface area contributed by atoms with Gasteiger partial charge in [-0.2, -0.15) is 13.2 Å². The van der Waals surface area contributed by atoms with Crippen LogP contribution in [0.15, 0.2) is 0 Å². The predicted octanol–water partition coefficient (Wildman–Crippen LogP) is 2.16. The zero-order valence-electron chi connectivity index (χ0n) is 9.41. The molecule has 0 spiro atoms. The minimum atomic E-state index is -4.35. The molecule has 1 aromatic heterocycles. The molecule has 96 valence electrons. The molecule has 1 aromatic rings. The first-order chi connectivity index (χ1) is 7.95.